The minimum absolute atomic E-state index is 0.0299. The molecule has 1 aliphatic heterocycles. The Bertz CT molecular complexity index is 1300. The summed E-state index contributed by atoms with van der Waals surface area (Å²) in [6.07, 6.45) is 1.99. The van der Waals surface area contributed by atoms with Crippen LogP contribution in [0, 0.1) is 18.7 Å². The Morgan fingerprint density at radius 3 is 2.59 bits per heavy atom. The van der Waals surface area contributed by atoms with Gasteiger partial charge in [0, 0.05) is 24.6 Å². The summed E-state index contributed by atoms with van der Waals surface area (Å²) >= 11 is 1.43. The summed E-state index contributed by atoms with van der Waals surface area (Å²) in [5.41, 5.74) is 2.89. The number of hydrogen-bond donors (Lipinski definition) is 0. The molecule has 1 unspecified atom stereocenters. The number of hydrogen-bond acceptors (Lipinski definition) is 8. The number of halogens is 1. The second-order valence-corrected chi connectivity index (χ2v) is 10.1. The molecule has 0 spiro atoms. The highest BCUT2D eigenvalue weighted by atomic mass is 32.1. The highest BCUT2D eigenvalue weighted by Crippen LogP contribution is 2.32. The van der Waals surface area contributed by atoms with E-state index < -0.39 is 0 Å². The summed E-state index contributed by atoms with van der Waals surface area (Å²) in [6.45, 7) is 9.68. The SMILES string of the molecule is Cc1ccc(-c2ccc3nc(OC(C)C4CCN(c5nc(C(C)C)no5)CC4)sc3n2)cc1F. The first-order valence-electron chi connectivity index (χ1n) is 11.7. The highest BCUT2D eigenvalue weighted by molar-refractivity contribution is 7.19. The first kappa shape index (κ1) is 22.7. The number of fused-ring (bicyclic) bond motifs is 1. The van der Waals surface area contributed by atoms with Crippen molar-refractivity contribution in [2.45, 2.75) is 52.6 Å². The molecule has 0 bridgehead atoms. The number of aryl methyl sites for hydroxylation is 1. The van der Waals surface area contributed by atoms with Gasteiger partial charge in [-0.1, -0.05) is 42.5 Å². The van der Waals surface area contributed by atoms with Crippen LogP contribution in [0.3, 0.4) is 0 Å². The lowest BCUT2D eigenvalue weighted by atomic mass is 9.92. The molecular formula is C25H28FN5O2S. The normalized spacial score (nSPS) is 15.9. The summed E-state index contributed by atoms with van der Waals surface area (Å²) in [7, 11) is 0. The van der Waals surface area contributed by atoms with Crippen molar-refractivity contribution in [3.63, 3.8) is 0 Å². The molecule has 3 aromatic heterocycles. The van der Waals surface area contributed by atoms with Crippen molar-refractivity contribution in [3.05, 3.63) is 47.5 Å². The Morgan fingerprint density at radius 1 is 1.09 bits per heavy atom. The number of nitrogens with zero attached hydrogens (tertiary/aromatic N) is 5. The maximum atomic E-state index is 14.0. The third-order valence-electron chi connectivity index (χ3n) is 6.41. The van der Waals surface area contributed by atoms with Gasteiger partial charge in [-0.15, -0.1) is 0 Å². The van der Waals surface area contributed by atoms with E-state index in [1.165, 1.54) is 17.4 Å². The van der Waals surface area contributed by atoms with Crippen LogP contribution < -0.4 is 9.64 Å². The second kappa shape index (κ2) is 9.29. The maximum Gasteiger partial charge on any atom is 0.324 e. The lowest BCUT2D eigenvalue weighted by molar-refractivity contribution is 0.131. The Morgan fingerprint density at radius 2 is 1.88 bits per heavy atom. The molecule has 34 heavy (non-hydrogen) atoms. The van der Waals surface area contributed by atoms with Crippen LogP contribution in [0.2, 0.25) is 0 Å². The van der Waals surface area contributed by atoms with Crippen LogP contribution in [-0.2, 0) is 0 Å². The Labute approximate surface area is 202 Å². The van der Waals surface area contributed by atoms with Gasteiger partial charge in [-0.2, -0.15) is 4.98 Å². The van der Waals surface area contributed by atoms with E-state index in [1.807, 2.05) is 18.2 Å². The van der Waals surface area contributed by atoms with Crippen LogP contribution in [0.5, 0.6) is 5.19 Å². The second-order valence-electron chi connectivity index (χ2n) is 9.20. The number of piperidine rings is 1. The van der Waals surface area contributed by atoms with E-state index in [-0.39, 0.29) is 17.8 Å². The highest BCUT2D eigenvalue weighted by Gasteiger charge is 2.28. The van der Waals surface area contributed by atoms with E-state index in [9.17, 15) is 4.39 Å². The van der Waals surface area contributed by atoms with E-state index in [4.69, 9.17) is 14.2 Å². The number of anilines is 1. The molecule has 9 heteroatoms. The molecule has 1 saturated heterocycles. The van der Waals surface area contributed by atoms with Crippen LogP contribution in [0.4, 0.5) is 10.4 Å². The van der Waals surface area contributed by atoms with Gasteiger partial charge in [0.1, 0.15) is 22.3 Å². The van der Waals surface area contributed by atoms with Crippen LogP contribution in [0.25, 0.3) is 21.6 Å². The summed E-state index contributed by atoms with van der Waals surface area (Å²) < 4.78 is 25.7. The Kier molecular flexibility index (Phi) is 6.20. The standard InChI is InChI=1S/C25H28FN5O2S/c1-14(2)22-29-24(33-30-22)31-11-9-17(10-12-31)16(4)32-25-28-21-8-7-20(27-23(21)34-25)18-6-5-15(3)19(26)13-18/h5-8,13-14,16-17H,9-12H2,1-4H3. The number of rotatable bonds is 6. The summed E-state index contributed by atoms with van der Waals surface area (Å²) in [6, 6.07) is 9.57. The number of thiazole rings is 1. The first-order valence-corrected chi connectivity index (χ1v) is 12.5. The van der Waals surface area contributed by atoms with E-state index in [0.717, 1.165) is 53.4 Å². The summed E-state index contributed by atoms with van der Waals surface area (Å²) in [5, 5.41) is 4.69. The molecule has 0 aliphatic carbocycles. The molecule has 4 aromatic rings. The van der Waals surface area contributed by atoms with Crippen LogP contribution in [0.1, 0.15) is 50.9 Å². The molecule has 1 aliphatic rings. The topological polar surface area (TPSA) is 77.2 Å². The fraction of sp³-hybridized carbons (Fsp3) is 0.440. The quantitative estimate of drug-likeness (QED) is 0.334. The molecule has 0 N–H and O–H groups in total. The van der Waals surface area contributed by atoms with Crippen molar-refractivity contribution in [2.75, 3.05) is 18.0 Å². The average molecular weight is 482 g/mol. The number of aromatic nitrogens is 4. The number of pyridine rings is 1. The van der Waals surface area contributed by atoms with Gasteiger partial charge in [0.2, 0.25) is 0 Å². The maximum absolute atomic E-state index is 14.0. The van der Waals surface area contributed by atoms with Crippen LogP contribution in [-0.4, -0.2) is 39.3 Å². The van der Waals surface area contributed by atoms with Gasteiger partial charge in [-0.25, -0.2) is 14.4 Å². The molecule has 7 nitrogen and oxygen atoms in total. The Hall–Kier alpha value is -3.07. The predicted molar refractivity (Wildman–Crippen MR) is 131 cm³/mol. The summed E-state index contributed by atoms with van der Waals surface area (Å²) in [4.78, 5) is 16.8. The largest absolute Gasteiger partial charge is 0.467 e. The molecule has 178 valence electrons. The predicted octanol–water partition coefficient (Wildman–Crippen LogP) is 6.00. The van der Waals surface area contributed by atoms with E-state index in [0.29, 0.717) is 22.7 Å². The van der Waals surface area contributed by atoms with Crippen molar-refractivity contribution in [1.82, 2.24) is 20.1 Å². The molecule has 0 amide bonds. The minimum atomic E-state index is -0.230. The van der Waals surface area contributed by atoms with Gasteiger partial charge >= 0.3 is 6.01 Å². The van der Waals surface area contributed by atoms with Crippen molar-refractivity contribution in [3.8, 4) is 16.5 Å². The van der Waals surface area contributed by atoms with Crippen molar-refractivity contribution in [2.24, 2.45) is 5.92 Å². The fourth-order valence-electron chi connectivity index (χ4n) is 4.17. The van der Waals surface area contributed by atoms with Crippen LogP contribution in [0.15, 0.2) is 34.9 Å². The van der Waals surface area contributed by atoms with Gasteiger partial charge in [0.25, 0.3) is 5.19 Å². The molecule has 0 saturated carbocycles. The van der Waals surface area contributed by atoms with Gasteiger partial charge < -0.3 is 14.2 Å². The van der Waals surface area contributed by atoms with E-state index in [2.05, 4.69) is 40.8 Å². The monoisotopic (exact) mass is 481 g/mol. The smallest absolute Gasteiger partial charge is 0.324 e. The molecule has 4 heterocycles. The number of ether oxygens (including phenoxy) is 1. The zero-order chi connectivity index (χ0) is 23.8. The summed E-state index contributed by atoms with van der Waals surface area (Å²) in [5.74, 6) is 1.18. The van der Waals surface area contributed by atoms with Gasteiger partial charge in [-0.3, -0.25) is 0 Å². The van der Waals surface area contributed by atoms with E-state index >= 15 is 0 Å². The molecule has 5 rings (SSSR count). The molecule has 0 radical (unpaired) electrons. The zero-order valence-corrected chi connectivity index (χ0v) is 20.6. The average Bonchev–Trinajstić information content (AvgIpc) is 3.47. The van der Waals surface area contributed by atoms with Crippen molar-refractivity contribution < 1.29 is 13.7 Å². The molecule has 1 aromatic carbocycles. The lowest BCUT2D eigenvalue weighted by Gasteiger charge is -2.33. The third-order valence-corrected chi connectivity index (χ3v) is 7.27. The van der Waals surface area contributed by atoms with Gasteiger partial charge in [-0.05, 0) is 56.4 Å². The van der Waals surface area contributed by atoms with E-state index in [1.54, 1.807) is 13.0 Å². The third kappa shape index (κ3) is 4.61. The molecular weight excluding hydrogens is 453 g/mol. The van der Waals surface area contributed by atoms with Crippen LogP contribution >= 0.6 is 11.3 Å². The van der Waals surface area contributed by atoms with Crippen molar-refractivity contribution in [1.29, 1.82) is 0 Å². The fourth-order valence-corrected chi connectivity index (χ4v) is 5.04. The van der Waals surface area contributed by atoms with Gasteiger partial charge in [0.15, 0.2) is 5.82 Å². The molecule has 1 atom stereocenters. The van der Waals surface area contributed by atoms with Gasteiger partial charge in [0.05, 0.1) is 5.69 Å². The first-order chi connectivity index (χ1) is 16.4. The zero-order valence-electron chi connectivity index (χ0n) is 19.8. The number of benzene rings is 1. The minimum Gasteiger partial charge on any atom is -0.467 e. The van der Waals surface area contributed by atoms with Crippen molar-refractivity contribution >= 4 is 27.7 Å². The molecule has 1 fully saturated rings. The Balaban J connectivity index is 1.23. The lowest BCUT2D eigenvalue weighted by Crippen LogP contribution is -2.38.